The Labute approximate surface area is 199 Å². The van der Waals surface area contributed by atoms with E-state index in [-0.39, 0.29) is 18.6 Å². The van der Waals surface area contributed by atoms with Crippen molar-refractivity contribution in [2.75, 3.05) is 41.6 Å². The maximum Gasteiger partial charge on any atom is 0.254 e. The molecule has 0 fully saturated rings. The number of methoxy groups -OCH3 is 4. The molecule has 0 aliphatic carbocycles. The molecule has 0 aromatic heterocycles. The fraction of sp³-hybridized carbons (Fsp3) is 0.296. The van der Waals surface area contributed by atoms with E-state index in [0.717, 1.165) is 11.1 Å². The summed E-state index contributed by atoms with van der Waals surface area (Å²) in [7, 11) is 6.43. The van der Waals surface area contributed by atoms with Gasteiger partial charge in [-0.3, -0.25) is 4.79 Å². The number of amides is 1. The van der Waals surface area contributed by atoms with Crippen LogP contribution in [0.15, 0.2) is 60.7 Å². The van der Waals surface area contributed by atoms with Gasteiger partial charge in [0.2, 0.25) is 0 Å². The van der Waals surface area contributed by atoms with Crippen LogP contribution >= 0.6 is 0 Å². The van der Waals surface area contributed by atoms with Gasteiger partial charge in [-0.05, 0) is 66.1 Å². The summed E-state index contributed by atoms with van der Waals surface area (Å²) in [5.74, 6) is 3.17. The summed E-state index contributed by atoms with van der Waals surface area (Å²) in [4.78, 5) is 15.4. The van der Waals surface area contributed by atoms with Crippen molar-refractivity contribution in [2.24, 2.45) is 0 Å². The van der Waals surface area contributed by atoms with Crippen molar-refractivity contribution in [3.8, 4) is 28.7 Å². The van der Waals surface area contributed by atoms with Crippen LogP contribution in [-0.2, 0) is 6.42 Å². The van der Waals surface area contributed by atoms with Gasteiger partial charge in [0.1, 0.15) is 12.4 Å². The molecule has 0 unspecified atom stereocenters. The lowest BCUT2D eigenvalue weighted by Crippen LogP contribution is -2.42. The number of carbonyl (C=O) groups excluding carboxylic acids is 1. The molecule has 3 aromatic carbocycles. The second kappa shape index (κ2) is 10.4. The molecule has 7 nitrogen and oxygen atoms in total. The smallest absolute Gasteiger partial charge is 0.254 e. The number of fused-ring (bicyclic) bond motifs is 1. The molecule has 1 aliphatic rings. The van der Waals surface area contributed by atoms with Crippen LogP contribution < -0.4 is 23.7 Å². The van der Waals surface area contributed by atoms with E-state index < -0.39 is 0 Å². The SMILES string of the molecule is COc1ccc(C(=O)N2CCc3cc(OC)c(OC)cc3[C@H]2COc2ccccc2OC)cc1. The lowest BCUT2D eigenvalue weighted by atomic mass is 9.91. The molecule has 0 saturated carbocycles. The van der Waals surface area contributed by atoms with Crippen LogP contribution in [0, 0.1) is 0 Å². The minimum atomic E-state index is -0.330. The average Bonchev–Trinajstić information content (AvgIpc) is 2.90. The van der Waals surface area contributed by atoms with Crippen LogP contribution in [0.1, 0.15) is 27.5 Å². The third-order valence-corrected chi connectivity index (χ3v) is 6.07. The van der Waals surface area contributed by atoms with Crippen LogP contribution in [0.25, 0.3) is 0 Å². The number of rotatable bonds is 8. The van der Waals surface area contributed by atoms with Gasteiger partial charge < -0.3 is 28.6 Å². The Kier molecular flexibility index (Phi) is 7.11. The summed E-state index contributed by atoms with van der Waals surface area (Å²) in [6.45, 7) is 0.804. The zero-order valence-electron chi connectivity index (χ0n) is 19.9. The second-order valence-corrected chi connectivity index (χ2v) is 7.86. The first-order valence-corrected chi connectivity index (χ1v) is 11.0. The molecule has 0 radical (unpaired) electrons. The van der Waals surface area contributed by atoms with Crippen molar-refractivity contribution in [1.82, 2.24) is 4.90 Å². The molecule has 34 heavy (non-hydrogen) atoms. The first kappa shape index (κ1) is 23.3. The maximum atomic E-state index is 13.6. The van der Waals surface area contributed by atoms with Crippen molar-refractivity contribution in [2.45, 2.75) is 12.5 Å². The highest BCUT2D eigenvalue weighted by Crippen LogP contribution is 2.39. The van der Waals surface area contributed by atoms with Gasteiger partial charge >= 0.3 is 0 Å². The summed E-state index contributed by atoms with van der Waals surface area (Å²) in [5.41, 5.74) is 2.66. The predicted octanol–water partition coefficient (Wildman–Crippen LogP) is 4.54. The lowest BCUT2D eigenvalue weighted by molar-refractivity contribution is 0.0587. The normalized spacial score (nSPS) is 14.7. The van der Waals surface area contributed by atoms with E-state index >= 15 is 0 Å². The number of hydrogen-bond donors (Lipinski definition) is 0. The Bertz CT molecular complexity index is 1140. The van der Waals surface area contributed by atoms with Crippen molar-refractivity contribution < 1.29 is 28.5 Å². The van der Waals surface area contributed by atoms with E-state index in [1.54, 1.807) is 52.7 Å². The number of hydrogen-bond acceptors (Lipinski definition) is 6. The van der Waals surface area contributed by atoms with Gasteiger partial charge in [0, 0.05) is 12.1 Å². The first-order chi connectivity index (χ1) is 16.6. The highest BCUT2D eigenvalue weighted by atomic mass is 16.5. The van der Waals surface area contributed by atoms with Crippen LogP contribution in [-0.4, -0.2) is 52.4 Å². The third kappa shape index (κ3) is 4.59. The molecule has 1 amide bonds. The topological polar surface area (TPSA) is 66.5 Å². The minimum Gasteiger partial charge on any atom is -0.497 e. The Morgan fingerprint density at radius 2 is 1.47 bits per heavy atom. The molecule has 0 N–H and O–H groups in total. The fourth-order valence-corrected chi connectivity index (χ4v) is 4.26. The number of benzene rings is 3. The molecule has 178 valence electrons. The largest absolute Gasteiger partial charge is 0.497 e. The molecule has 1 heterocycles. The molecule has 1 aliphatic heterocycles. The molecule has 0 saturated heterocycles. The standard InChI is InChI=1S/C27H29NO6/c1-30-20-11-9-18(10-12-20)27(29)28-14-13-19-15-25(32-3)26(33-4)16-21(19)22(28)17-34-24-8-6-5-7-23(24)31-2/h5-12,15-16,22H,13-14,17H2,1-4H3/t22-/m1/s1. The fourth-order valence-electron chi connectivity index (χ4n) is 4.26. The second-order valence-electron chi connectivity index (χ2n) is 7.86. The molecule has 0 spiro atoms. The Morgan fingerprint density at radius 1 is 0.824 bits per heavy atom. The van der Waals surface area contributed by atoms with Crippen molar-refractivity contribution in [3.63, 3.8) is 0 Å². The number of nitrogens with zero attached hydrogens (tertiary/aromatic N) is 1. The quantitative estimate of drug-likeness (QED) is 0.489. The van der Waals surface area contributed by atoms with Gasteiger partial charge in [-0.25, -0.2) is 0 Å². The van der Waals surface area contributed by atoms with E-state index in [9.17, 15) is 4.79 Å². The van der Waals surface area contributed by atoms with E-state index in [0.29, 0.717) is 47.3 Å². The highest BCUT2D eigenvalue weighted by molar-refractivity contribution is 5.95. The first-order valence-electron chi connectivity index (χ1n) is 11.0. The van der Waals surface area contributed by atoms with Crippen molar-refractivity contribution in [1.29, 1.82) is 0 Å². The number of carbonyl (C=O) groups is 1. The van der Waals surface area contributed by atoms with Crippen LogP contribution in [0.3, 0.4) is 0 Å². The van der Waals surface area contributed by atoms with E-state index in [1.807, 2.05) is 41.3 Å². The van der Waals surface area contributed by atoms with Gasteiger partial charge in [0.05, 0.1) is 34.5 Å². The molecule has 1 atom stereocenters. The van der Waals surface area contributed by atoms with Gasteiger partial charge in [-0.1, -0.05) is 12.1 Å². The average molecular weight is 464 g/mol. The van der Waals surface area contributed by atoms with Crippen LogP contribution in [0.5, 0.6) is 28.7 Å². The summed E-state index contributed by atoms with van der Waals surface area (Å²) in [6.07, 6.45) is 0.697. The van der Waals surface area contributed by atoms with Crippen molar-refractivity contribution >= 4 is 5.91 Å². The van der Waals surface area contributed by atoms with Crippen molar-refractivity contribution in [3.05, 3.63) is 77.4 Å². The minimum absolute atomic E-state index is 0.0725. The Balaban J connectivity index is 1.70. The van der Waals surface area contributed by atoms with E-state index in [2.05, 4.69) is 0 Å². The predicted molar refractivity (Wildman–Crippen MR) is 129 cm³/mol. The van der Waals surface area contributed by atoms with Crippen LogP contribution in [0.4, 0.5) is 0 Å². The molecule has 4 rings (SSSR count). The summed E-state index contributed by atoms with van der Waals surface area (Å²) >= 11 is 0. The van der Waals surface area contributed by atoms with Gasteiger partial charge in [0.25, 0.3) is 5.91 Å². The van der Waals surface area contributed by atoms with Gasteiger partial charge in [0.15, 0.2) is 23.0 Å². The summed E-state index contributed by atoms with van der Waals surface area (Å²) < 4.78 is 27.9. The zero-order valence-corrected chi connectivity index (χ0v) is 19.9. The van der Waals surface area contributed by atoms with E-state index in [4.69, 9.17) is 23.7 Å². The van der Waals surface area contributed by atoms with E-state index in [1.165, 1.54) is 0 Å². The maximum absolute atomic E-state index is 13.6. The number of ether oxygens (including phenoxy) is 5. The third-order valence-electron chi connectivity index (χ3n) is 6.07. The Morgan fingerprint density at radius 3 is 2.12 bits per heavy atom. The van der Waals surface area contributed by atoms with Crippen LogP contribution in [0.2, 0.25) is 0 Å². The summed E-state index contributed by atoms with van der Waals surface area (Å²) in [6, 6.07) is 18.2. The van der Waals surface area contributed by atoms with Gasteiger partial charge in [-0.15, -0.1) is 0 Å². The number of para-hydroxylation sites is 2. The molecular weight excluding hydrogens is 434 g/mol. The zero-order chi connectivity index (χ0) is 24.1. The molecule has 7 heteroatoms. The lowest BCUT2D eigenvalue weighted by Gasteiger charge is -2.37. The van der Waals surface area contributed by atoms with Gasteiger partial charge in [-0.2, -0.15) is 0 Å². The molecule has 0 bridgehead atoms. The molecular formula is C27H29NO6. The summed E-state index contributed by atoms with van der Waals surface area (Å²) in [5, 5.41) is 0. The monoisotopic (exact) mass is 463 g/mol. The highest BCUT2D eigenvalue weighted by Gasteiger charge is 2.33. The Hall–Kier alpha value is -3.87. The molecule has 3 aromatic rings.